The van der Waals surface area contributed by atoms with Crippen LogP contribution in [0.3, 0.4) is 0 Å². The third kappa shape index (κ3) is 4.83. The van der Waals surface area contributed by atoms with Crippen LogP contribution >= 0.6 is 11.6 Å². The van der Waals surface area contributed by atoms with Gasteiger partial charge in [-0.1, -0.05) is 30.2 Å². The van der Waals surface area contributed by atoms with Gasteiger partial charge in [-0.15, -0.1) is 0 Å². The summed E-state index contributed by atoms with van der Waals surface area (Å²) in [5.74, 6) is -0.120. The molecule has 3 nitrogen and oxygen atoms in total. The second-order valence-electron chi connectivity index (χ2n) is 6.34. The van der Waals surface area contributed by atoms with Gasteiger partial charge < -0.3 is 10.6 Å². The summed E-state index contributed by atoms with van der Waals surface area (Å²) in [6.45, 7) is 1.15. The lowest BCUT2D eigenvalue weighted by Crippen LogP contribution is -2.34. The maximum absolute atomic E-state index is 12.2. The van der Waals surface area contributed by atoms with E-state index in [2.05, 4.69) is 22.8 Å². The second kappa shape index (κ2) is 8.32. The fraction of sp³-hybridized carbons (Fsp3) is 0.350. The van der Waals surface area contributed by atoms with Crippen molar-refractivity contribution in [3.05, 3.63) is 64.7 Å². The molecule has 0 bridgehead atoms. The number of amides is 1. The van der Waals surface area contributed by atoms with Gasteiger partial charge in [-0.2, -0.15) is 0 Å². The first-order chi connectivity index (χ1) is 11.7. The van der Waals surface area contributed by atoms with Crippen molar-refractivity contribution in [1.29, 1.82) is 0 Å². The summed E-state index contributed by atoms with van der Waals surface area (Å²) in [5, 5.41) is 7.13. The molecule has 0 aliphatic carbocycles. The average molecular weight is 343 g/mol. The van der Waals surface area contributed by atoms with Crippen LogP contribution in [0.15, 0.2) is 48.5 Å². The zero-order valence-electron chi connectivity index (χ0n) is 13.7. The highest BCUT2D eigenvalue weighted by molar-refractivity contribution is 6.30. The Morgan fingerprint density at radius 2 is 1.83 bits per heavy atom. The summed E-state index contributed by atoms with van der Waals surface area (Å²) in [4.78, 5) is 12.2. The molecule has 4 heteroatoms. The van der Waals surface area contributed by atoms with Crippen molar-refractivity contribution in [1.82, 2.24) is 5.32 Å². The van der Waals surface area contributed by atoms with Crippen LogP contribution in [0.2, 0.25) is 5.02 Å². The molecule has 0 unspecified atom stereocenters. The first-order valence-electron chi connectivity index (χ1n) is 8.60. The van der Waals surface area contributed by atoms with E-state index in [-0.39, 0.29) is 5.91 Å². The van der Waals surface area contributed by atoms with Gasteiger partial charge in [0.05, 0.1) is 0 Å². The Labute approximate surface area is 148 Å². The van der Waals surface area contributed by atoms with Crippen molar-refractivity contribution in [3.63, 3.8) is 0 Å². The van der Waals surface area contributed by atoms with Crippen molar-refractivity contribution >= 4 is 23.2 Å². The third-order valence-corrected chi connectivity index (χ3v) is 4.76. The molecule has 2 aromatic carbocycles. The van der Waals surface area contributed by atoms with E-state index in [1.807, 2.05) is 12.1 Å². The quantitative estimate of drug-likeness (QED) is 0.829. The molecular formula is C20H23ClN2O. The van der Waals surface area contributed by atoms with Crippen LogP contribution in [0.5, 0.6) is 0 Å². The van der Waals surface area contributed by atoms with E-state index in [9.17, 15) is 4.79 Å². The minimum absolute atomic E-state index is 0.120. The van der Waals surface area contributed by atoms with Crippen molar-refractivity contribution < 1.29 is 4.79 Å². The molecule has 1 heterocycles. The maximum atomic E-state index is 12.2. The Kier molecular flexibility index (Phi) is 5.89. The van der Waals surface area contributed by atoms with Gasteiger partial charge in [0, 0.05) is 22.3 Å². The SMILES string of the molecule is O=C(Nc1ccc(CC[C@H]2CCCCN2)cc1)c1ccc(Cl)cc1. The van der Waals surface area contributed by atoms with Crippen LogP contribution in [-0.4, -0.2) is 18.5 Å². The molecule has 2 N–H and O–H groups in total. The molecule has 24 heavy (non-hydrogen) atoms. The van der Waals surface area contributed by atoms with Crippen molar-refractivity contribution in [3.8, 4) is 0 Å². The molecule has 2 aromatic rings. The molecule has 1 amide bonds. The van der Waals surface area contributed by atoms with Gasteiger partial charge in [-0.25, -0.2) is 0 Å². The van der Waals surface area contributed by atoms with Crippen LogP contribution in [-0.2, 0) is 6.42 Å². The lowest BCUT2D eigenvalue weighted by atomic mass is 9.98. The predicted molar refractivity (Wildman–Crippen MR) is 99.8 cm³/mol. The molecule has 3 rings (SSSR count). The fourth-order valence-corrected chi connectivity index (χ4v) is 3.20. The van der Waals surface area contributed by atoms with Crippen LogP contribution < -0.4 is 10.6 Å². The molecule has 0 saturated carbocycles. The number of rotatable bonds is 5. The van der Waals surface area contributed by atoms with Crippen molar-refractivity contribution in [2.75, 3.05) is 11.9 Å². The van der Waals surface area contributed by atoms with Gasteiger partial charge in [0.25, 0.3) is 5.91 Å². The number of anilines is 1. The summed E-state index contributed by atoms with van der Waals surface area (Å²) in [6, 6.07) is 15.7. The number of piperidine rings is 1. The molecule has 0 aromatic heterocycles. The zero-order valence-corrected chi connectivity index (χ0v) is 14.5. The lowest BCUT2D eigenvalue weighted by molar-refractivity contribution is 0.102. The Balaban J connectivity index is 1.52. The predicted octanol–water partition coefficient (Wildman–Crippen LogP) is 4.67. The highest BCUT2D eigenvalue weighted by Crippen LogP contribution is 2.17. The van der Waals surface area contributed by atoms with Crippen molar-refractivity contribution in [2.45, 2.75) is 38.1 Å². The van der Waals surface area contributed by atoms with Crippen molar-refractivity contribution in [2.24, 2.45) is 0 Å². The van der Waals surface area contributed by atoms with Gasteiger partial charge in [-0.3, -0.25) is 4.79 Å². The molecular weight excluding hydrogens is 320 g/mol. The molecule has 1 saturated heterocycles. The standard InChI is InChI=1S/C20H23ClN2O/c21-17-9-7-16(8-10-17)20(24)23-19-12-5-15(6-13-19)4-11-18-3-1-2-14-22-18/h5-10,12-13,18,22H,1-4,11,14H2,(H,23,24)/t18-/m1/s1. The minimum atomic E-state index is -0.120. The van der Waals surface area contributed by atoms with Gasteiger partial charge in [0.15, 0.2) is 0 Å². The number of aryl methyl sites for hydroxylation is 1. The summed E-state index contributed by atoms with van der Waals surface area (Å²) >= 11 is 5.84. The van der Waals surface area contributed by atoms with Crippen LogP contribution in [0.25, 0.3) is 0 Å². The number of benzene rings is 2. The summed E-state index contributed by atoms with van der Waals surface area (Å²) in [7, 11) is 0. The maximum Gasteiger partial charge on any atom is 0.255 e. The van der Waals surface area contributed by atoms with E-state index in [0.717, 1.165) is 18.7 Å². The highest BCUT2D eigenvalue weighted by Gasteiger charge is 2.12. The van der Waals surface area contributed by atoms with Crippen LogP contribution in [0.1, 0.15) is 41.6 Å². The summed E-state index contributed by atoms with van der Waals surface area (Å²) in [6.07, 6.45) is 6.18. The van der Waals surface area contributed by atoms with Crippen LogP contribution in [0, 0.1) is 0 Å². The zero-order chi connectivity index (χ0) is 16.8. The first-order valence-corrected chi connectivity index (χ1v) is 8.98. The molecule has 0 radical (unpaired) electrons. The van der Waals surface area contributed by atoms with Gasteiger partial charge in [0.2, 0.25) is 0 Å². The van der Waals surface area contributed by atoms with E-state index in [1.165, 1.54) is 31.2 Å². The van der Waals surface area contributed by atoms with E-state index in [1.54, 1.807) is 24.3 Å². The molecule has 126 valence electrons. The first kappa shape index (κ1) is 17.0. The van der Waals surface area contributed by atoms with E-state index in [0.29, 0.717) is 16.6 Å². The molecule has 1 aliphatic rings. The van der Waals surface area contributed by atoms with E-state index in [4.69, 9.17) is 11.6 Å². The van der Waals surface area contributed by atoms with Gasteiger partial charge in [0.1, 0.15) is 0 Å². The van der Waals surface area contributed by atoms with E-state index >= 15 is 0 Å². The summed E-state index contributed by atoms with van der Waals surface area (Å²) < 4.78 is 0. The number of carbonyl (C=O) groups is 1. The fourth-order valence-electron chi connectivity index (χ4n) is 3.07. The average Bonchev–Trinajstić information content (AvgIpc) is 2.62. The molecule has 1 atom stereocenters. The van der Waals surface area contributed by atoms with E-state index < -0.39 is 0 Å². The number of nitrogens with one attached hydrogen (secondary N) is 2. The van der Waals surface area contributed by atoms with Crippen LogP contribution in [0.4, 0.5) is 5.69 Å². The minimum Gasteiger partial charge on any atom is -0.322 e. The Bertz CT molecular complexity index is 661. The number of halogens is 1. The Hall–Kier alpha value is -1.84. The van der Waals surface area contributed by atoms with Gasteiger partial charge >= 0.3 is 0 Å². The summed E-state index contributed by atoms with van der Waals surface area (Å²) in [5.41, 5.74) is 2.73. The number of hydrogen-bond donors (Lipinski definition) is 2. The topological polar surface area (TPSA) is 41.1 Å². The number of hydrogen-bond acceptors (Lipinski definition) is 2. The third-order valence-electron chi connectivity index (χ3n) is 4.51. The number of carbonyl (C=O) groups excluding carboxylic acids is 1. The monoisotopic (exact) mass is 342 g/mol. The highest BCUT2D eigenvalue weighted by atomic mass is 35.5. The normalized spacial score (nSPS) is 17.5. The molecule has 1 fully saturated rings. The Morgan fingerprint density at radius 3 is 2.50 bits per heavy atom. The largest absolute Gasteiger partial charge is 0.322 e. The Morgan fingerprint density at radius 1 is 1.08 bits per heavy atom. The molecule has 1 aliphatic heterocycles. The van der Waals surface area contributed by atoms with Gasteiger partial charge in [-0.05, 0) is 74.2 Å². The lowest BCUT2D eigenvalue weighted by Gasteiger charge is -2.23. The second-order valence-corrected chi connectivity index (χ2v) is 6.78. The molecule has 0 spiro atoms. The smallest absolute Gasteiger partial charge is 0.255 e.